The highest BCUT2D eigenvalue weighted by molar-refractivity contribution is 5.56. The molecule has 3 nitrogen and oxygen atoms in total. The third-order valence-electron chi connectivity index (χ3n) is 3.60. The molecular weight excluding hydrogens is 231 g/mol. The lowest BCUT2D eigenvalue weighted by atomic mass is 10.1. The van der Waals surface area contributed by atoms with Crippen molar-refractivity contribution in [3.8, 4) is 0 Å². The Morgan fingerprint density at radius 1 is 1.28 bits per heavy atom. The third-order valence-corrected chi connectivity index (χ3v) is 3.60. The number of aliphatic hydroxyl groups excluding tert-OH is 1. The number of aliphatic hydroxyl groups is 1. The van der Waals surface area contributed by atoms with Crippen LogP contribution in [0.4, 0.5) is 10.1 Å². The molecule has 0 spiro atoms. The fraction of sp³-hybridized carbons (Fsp3) is 0.571. The van der Waals surface area contributed by atoms with Gasteiger partial charge in [-0.05, 0) is 19.5 Å². The Morgan fingerprint density at radius 3 is 2.50 bits per heavy atom. The maximum atomic E-state index is 14.0. The zero-order chi connectivity index (χ0) is 13.1. The maximum absolute atomic E-state index is 14.0. The van der Waals surface area contributed by atoms with Crippen LogP contribution in [0.25, 0.3) is 0 Å². The van der Waals surface area contributed by atoms with Crippen LogP contribution in [0.1, 0.15) is 25.5 Å². The zero-order valence-electron chi connectivity index (χ0n) is 11.1. The number of hydrogen-bond donors (Lipinski definition) is 1. The van der Waals surface area contributed by atoms with E-state index in [1.54, 1.807) is 19.1 Å². The van der Waals surface area contributed by atoms with Gasteiger partial charge in [0.25, 0.3) is 0 Å². The van der Waals surface area contributed by atoms with Gasteiger partial charge in [0.15, 0.2) is 0 Å². The maximum Gasteiger partial charge on any atom is 0.146 e. The lowest BCUT2D eigenvalue weighted by molar-refractivity contribution is 0.198. The molecule has 1 heterocycles. The molecule has 100 valence electrons. The Bertz CT molecular complexity index is 401. The highest BCUT2D eigenvalue weighted by Crippen LogP contribution is 2.30. The van der Waals surface area contributed by atoms with Gasteiger partial charge in [-0.15, -0.1) is 0 Å². The molecule has 0 aromatic heterocycles. The average molecular weight is 252 g/mol. The quantitative estimate of drug-likeness (QED) is 0.891. The van der Waals surface area contributed by atoms with E-state index in [-0.39, 0.29) is 5.82 Å². The highest BCUT2D eigenvalue weighted by Gasteiger charge is 2.22. The SMILES string of the molecule is CCN1CCN(c2c(F)cccc2[C@H](C)O)CC1. The predicted molar refractivity (Wildman–Crippen MR) is 71.4 cm³/mol. The van der Waals surface area contributed by atoms with Crippen molar-refractivity contribution in [2.45, 2.75) is 20.0 Å². The Balaban J connectivity index is 2.23. The average Bonchev–Trinajstić information content (AvgIpc) is 2.38. The molecule has 0 radical (unpaired) electrons. The van der Waals surface area contributed by atoms with E-state index in [9.17, 15) is 9.50 Å². The lowest BCUT2D eigenvalue weighted by Gasteiger charge is -2.36. The monoisotopic (exact) mass is 252 g/mol. The van der Waals surface area contributed by atoms with E-state index >= 15 is 0 Å². The third kappa shape index (κ3) is 2.65. The number of anilines is 1. The zero-order valence-corrected chi connectivity index (χ0v) is 11.1. The van der Waals surface area contributed by atoms with E-state index < -0.39 is 6.10 Å². The molecule has 1 aliphatic heterocycles. The topological polar surface area (TPSA) is 26.7 Å². The molecule has 4 heteroatoms. The van der Waals surface area contributed by atoms with Crippen LogP contribution >= 0.6 is 0 Å². The van der Waals surface area contributed by atoms with Crippen LogP contribution < -0.4 is 4.90 Å². The molecule has 0 unspecified atom stereocenters. The van der Waals surface area contributed by atoms with E-state index in [0.717, 1.165) is 32.7 Å². The van der Waals surface area contributed by atoms with Crippen molar-refractivity contribution < 1.29 is 9.50 Å². The molecule has 1 aromatic carbocycles. The molecule has 0 bridgehead atoms. The van der Waals surface area contributed by atoms with Gasteiger partial charge in [0.2, 0.25) is 0 Å². The fourth-order valence-electron chi connectivity index (χ4n) is 2.49. The van der Waals surface area contributed by atoms with Crippen LogP contribution in [0.2, 0.25) is 0 Å². The van der Waals surface area contributed by atoms with Gasteiger partial charge in [0.05, 0.1) is 11.8 Å². The molecule has 2 rings (SSSR count). The Hall–Kier alpha value is -1.13. The van der Waals surface area contributed by atoms with Gasteiger partial charge in [-0.3, -0.25) is 0 Å². The summed E-state index contributed by atoms with van der Waals surface area (Å²) in [5.41, 5.74) is 1.25. The molecule has 18 heavy (non-hydrogen) atoms. The number of likely N-dealkylation sites (N-methyl/N-ethyl adjacent to an activating group) is 1. The van der Waals surface area contributed by atoms with Crippen molar-refractivity contribution in [2.24, 2.45) is 0 Å². The van der Waals surface area contributed by atoms with Crippen LogP contribution in [-0.4, -0.2) is 42.7 Å². The number of halogens is 1. The molecule has 0 amide bonds. The van der Waals surface area contributed by atoms with Crippen molar-refractivity contribution in [1.29, 1.82) is 0 Å². The predicted octanol–water partition coefficient (Wildman–Crippen LogP) is 2.02. The van der Waals surface area contributed by atoms with E-state index in [4.69, 9.17) is 0 Å². The second-order valence-electron chi connectivity index (χ2n) is 4.77. The first-order chi connectivity index (χ1) is 8.63. The van der Waals surface area contributed by atoms with Crippen molar-refractivity contribution in [2.75, 3.05) is 37.6 Å². The summed E-state index contributed by atoms with van der Waals surface area (Å²) in [7, 11) is 0. The molecule has 1 N–H and O–H groups in total. The summed E-state index contributed by atoms with van der Waals surface area (Å²) < 4.78 is 14.0. The number of hydrogen-bond acceptors (Lipinski definition) is 3. The second-order valence-corrected chi connectivity index (χ2v) is 4.77. The molecule has 0 saturated carbocycles. The summed E-state index contributed by atoms with van der Waals surface area (Å²) in [4.78, 5) is 4.39. The molecule has 0 aliphatic carbocycles. The largest absolute Gasteiger partial charge is 0.389 e. The first kappa shape index (κ1) is 13.3. The fourth-order valence-corrected chi connectivity index (χ4v) is 2.49. The van der Waals surface area contributed by atoms with Gasteiger partial charge in [-0.1, -0.05) is 19.1 Å². The molecular formula is C14H21FN2O. The Morgan fingerprint density at radius 2 is 1.94 bits per heavy atom. The van der Waals surface area contributed by atoms with Crippen LogP contribution in [-0.2, 0) is 0 Å². The van der Waals surface area contributed by atoms with E-state index in [1.165, 1.54) is 6.07 Å². The van der Waals surface area contributed by atoms with Gasteiger partial charge in [-0.2, -0.15) is 0 Å². The summed E-state index contributed by atoms with van der Waals surface area (Å²) in [6, 6.07) is 4.92. The smallest absolute Gasteiger partial charge is 0.146 e. The molecule has 1 saturated heterocycles. The van der Waals surface area contributed by atoms with Gasteiger partial charge in [0.1, 0.15) is 5.82 Å². The molecule has 1 aromatic rings. The van der Waals surface area contributed by atoms with E-state index in [2.05, 4.69) is 11.8 Å². The van der Waals surface area contributed by atoms with Gasteiger partial charge in [0, 0.05) is 31.7 Å². The Kier molecular flexibility index (Phi) is 4.19. The first-order valence-electron chi connectivity index (χ1n) is 6.57. The molecule has 1 fully saturated rings. The normalized spacial score (nSPS) is 19.0. The van der Waals surface area contributed by atoms with Crippen LogP contribution in [0.3, 0.4) is 0 Å². The van der Waals surface area contributed by atoms with Crippen molar-refractivity contribution >= 4 is 5.69 Å². The van der Waals surface area contributed by atoms with Gasteiger partial charge < -0.3 is 14.9 Å². The summed E-state index contributed by atoms with van der Waals surface area (Å²) in [5.74, 6) is -0.238. The lowest BCUT2D eigenvalue weighted by Crippen LogP contribution is -2.46. The van der Waals surface area contributed by atoms with E-state index in [0.29, 0.717) is 11.3 Å². The minimum Gasteiger partial charge on any atom is -0.389 e. The van der Waals surface area contributed by atoms with Gasteiger partial charge >= 0.3 is 0 Å². The van der Waals surface area contributed by atoms with Crippen molar-refractivity contribution in [1.82, 2.24) is 4.90 Å². The summed E-state index contributed by atoms with van der Waals surface area (Å²) in [6.07, 6.45) is -0.639. The Labute approximate surface area is 108 Å². The molecule has 1 aliphatic rings. The number of nitrogens with zero attached hydrogens (tertiary/aromatic N) is 2. The summed E-state index contributed by atoms with van der Waals surface area (Å²) in [5, 5.41) is 9.75. The first-order valence-corrected chi connectivity index (χ1v) is 6.57. The number of benzene rings is 1. The minimum atomic E-state index is -0.639. The number of rotatable bonds is 3. The van der Waals surface area contributed by atoms with Crippen molar-refractivity contribution in [3.63, 3.8) is 0 Å². The van der Waals surface area contributed by atoms with Gasteiger partial charge in [-0.25, -0.2) is 4.39 Å². The van der Waals surface area contributed by atoms with Crippen molar-refractivity contribution in [3.05, 3.63) is 29.6 Å². The second kappa shape index (κ2) is 5.67. The van der Waals surface area contributed by atoms with Crippen LogP contribution in [0, 0.1) is 5.82 Å². The highest BCUT2D eigenvalue weighted by atomic mass is 19.1. The van der Waals surface area contributed by atoms with Crippen LogP contribution in [0.5, 0.6) is 0 Å². The summed E-state index contributed by atoms with van der Waals surface area (Å²) in [6.45, 7) is 8.38. The number of para-hydroxylation sites is 1. The standard InChI is InChI=1S/C14H21FN2O/c1-3-16-7-9-17(10-8-16)14-12(11(2)18)5-4-6-13(14)15/h4-6,11,18H,3,7-10H2,1-2H3/t11-/m0/s1. The van der Waals surface area contributed by atoms with Crippen LogP contribution in [0.15, 0.2) is 18.2 Å². The number of piperazine rings is 1. The molecule has 1 atom stereocenters. The minimum absolute atomic E-state index is 0.238. The van der Waals surface area contributed by atoms with E-state index in [1.807, 2.05) is 4.90 Å². The summed E-state index contributed by atoms with van der Waals surface area (Å²) >= 11 is 0.